The molecule has 18 heavy (non-hydrogen) atoms. The van der Waals surface area contributed by atoms with Gasteiger partial charge in [-0.1, -0.05) is 38.4 Å². The molecule has 3 nitrogen and oxygen atoms in total. The van der Waals surface area contributed by atoms with Gasteiger partial charge in [-0.25, -0.2) is 4.39 Å². The minimum Gasteiger partial charge on any atom is -0.391 e. The Bertz CT molecular complexity index is 423. The predicted octanol–water partition coefficient (Wildman–Crippen LogP) is 2.62. The van der Waals surface area contributed by atoms with Crippen LogP contribution in [0.5, 0.6) is 0 Å². The van der Waals surface area contributed by atoms with Gasteiger partial charge in [0.15, 0.2) is 0 Å². The highest BCUT2D eigenvalue weighted by atomic mass is 35.5. The summed E-state index contributed by atoms with van der Waals surface area (Å²) in [6, 6.07) is 4.04. The van der Waals surface area contributed by atoms with Crippen LogP contribution in [-0.2, 0) is 0 Å². The van der Waals surface area contributed by atoms with Crippen molar-refractivity contribution < 1.29 is 14.3 Å². The molecule has 0 saturated heterocycles. The fraction of sp³-hybridized carbons (Fsp3) is 0.462. The van der Waals surface area contributed by atoms with Gasteiger partial charge in [0, 0.05) is 6.54 Å². The number of nitrogens with one attached hydrogen (secondary N) is 1. The molecule has 0 bridgehead atoms. The topological polar surface area (TPSA) is 49.3 Å². The Labute approximate surface area is 111 Å². The molecule has 0 heterocycles. The van der Waals surface area contributed by atoms with E-state index in [1.807, 2.05) is 20.8 Å². The third-order valence-electron chi connectivity index (χ3n) is 2.65. The summed E-state index contributed by atoms with van der Waals surface area (Å²) in [7, 11) is 0. The third kappa shape index (κ3) is 3.68. The van der Waals surface area contributed by atoms with Gasteiger partial charge in [-0.05, 0) is 17.5 Å². The van der Waals surface area contributed by atoms with Crippen molar-refractivity contribution in [1.29, 1.82) is 0 Å². The summed E-state index contributed by atoms with van der Waals surface area (Å²) in [5.41, 5.74) is -0.549. The highest BCUT2D eigenvalue weighted by Gasteiger charge is 2.23. The maximum absolute atomic E-state index is 13.5. The number of rotatable bonds is 3. The summed E-state index contributed by atoms with van der Waals surface area (Å²) < 4.78 is 13.5. The molecule has 0 fully saturated rings. The van der Waals surface area contributed by atoms with E-state index >= 15 is 0 Å². The molecule has 0 saturated carbocycles. The van der Waals surface area contributed by atoms with Crippen LogP contribution in [0.25, 0.3) is 0 Å². The Morgan fingerprint density at radius 2 is 2.11 bits per heavy atom. The van der Waals surface area contributed by atoms with Crippen LogP contribution in [0.4, 0.5) is 4.39 Å². The van der Waals surface area contributed by atoms with E-state index in [9.17, 15) is 14.3 Å². The summed E-state index contributed by atoms with van der Waals surface area (Å²) in [6.07, 6.45) is -0.716. The van der Waals surface area contributed by atoms with Crippen LogP contribution in [0.1, 0.15) is 31.1 Å². The van der Waals surface area contributed by atoms with Gasteiger partial charge in [-0.3, -0.25) is 4.79 Å². The molecule has 1 aromatic rings. The van der Waals surface area contributed by atoms with Gasteiger partial charge in [0.2, 0.25) is 0 Å². The normalized spacial score (nSPS) is 13.2. The first-order valence-corrected chi connectivity index (χ1v) is 6.01. The smallest absolute Gasteiger partial charge is 0.255 e. The number of aliphatic hydroxyl groups is 1. The average molecular weight is 274 g/mol. The first kappa shape index (κ1) is 14.9. The molecule has 0 aliphatic rings. The maximum Gasteiger partial charge on any atom is 0.255 e. The van der Waals surface area contributed by atoms with Crippen molar-refractivity contribution in [3.05, 3.63) is 34.6 Å². The molecule has 5 heteroatoms. The molecular weight excluding hydrogens is 257 g/mol. The summed E-state index contributed by atoms with van der Waals surface area (Å²) >= 11 is 5.77. The molecule has 1 aromatic carbocycles. The fourth-order valence-electron chi connectivity index (χ4n) is 1.30. The van der Waals surface area contributed by atoms with Gasteiger partial charge in [0.1, 0.15) is 5.82 Å². The lowest BCUT2D eigenvalue weighted by atomic mass is 9.89. The van der Waals surface area contributed by atoms with Crippen LogP contribution in [-0.4, -0.2) is 23.7 Å². The molecule has 1 unspecified atom stereocenters. The Kier molecular flexibility index (Phi) is 4.71. The van der Waals surface area contributed by atoms with E-state index in [0.717, 1.165) is 0 Å². The molecule has 0 aliphatic carbocycles. The van der Waals surface area contributed by atoms with E-state index < -0.39 is 17.8 Å². The van der Waals surface area contributed by atoms with Crippen LogP contribution in [0.2, 0.25) is 5.02 Å². The van der Waals surface area contributed by atoms with Crippen molar-refractivity contribution in [3.8, 4) is 0 Å². The second-order valence-corrected chi connectivity index (χ2v) is 5.60. The number of hydrogen-bond donors (Lipinski definition) is 2. The van der Waals surface area contributed by atoms with Crippen LogP contribution >= 0.6 is 11.6 Å². The molecule has 1 atom stereocenters. The van der Waals surface area contributed by atoms with Crippen LogP contribution in [0, 0.1) is 11.2 Å². The van der Waals surface area contributed by atoms with E-state index in [4.69, 9.17) is 11.6 Å². The second-order valence-electron chi connectivity index (χ2n) is 5.19. The molecule has 2 N–H and O–H groups in total. The highest BCUT2D eigenvalue weighted by Crippen LogP contribution is 2.20. The first-order chi connectivity index (χ1) is 8.23. The predicted molar refractivity (Wildman–Crippen MR) is 69.2 cm³/mol. The van der Waals surface area contributed by atoms with Crippen molar-refractivity contribution in [1.82, 2.24) is 5.32 Å². The van der Waals surface area contributed by atoms with Crippen LogP contribution < -0.4 is 5.32 Å². The summed E-state index contributed by atoms with van der Waals surface area (Å²) in [5.74, 6) is -1.30. The van der Waals surface area contributed by atoms with Gasteiger partial charge in [0.25, 0.3) is 5.91 Å². The summed E-state index contributed by atoms with van der Waals surface area (Å²) in [4.78, 5) is 11.8. The van der Waals surface area contributed by atoms with E-state index in [1.54, 1.807) is 0 Å². The number of benzene rings is 1. The van der Waals surface area contributed by atoms with Gasteiger partial charge < -0.3 is 10.4 Å². The maximum atomic E-state index is 13.5. The molecular formula is C13H17ClFNO2. The van der Waals surface area contributed by atoms with Gasteiger partial charge in [0.05, 0.1) is 16.7 Å². The standard InChI is InChI=1S/C13H17ClFNO2/c1-13(2,3)10(17)7-16-12(18)11-8(14)5-4-6-9(11)15/h4-6,10,17H,7H2,1-3H3,(H,16,18). The molecule has 0 radical (unpaired) electrons. The van der Waals surface area contributed by atoms with E-state index in [1.165, 1.54) is 18.2 Å². The number of amides is 1. The Morgan fingerprint density at radius 3 is 2.61 bits per heavy atom. The van der Waals surface area contributed by atoms with Gasteiger partial charge >= 0.3 is 0 Å². The SMILES string of the molecule is CC(C)(C)C(O)CNC(=O)c1c(F)cccc1Cl. The van der Waals surface area contributed by atoms with Crippen molar-refractivity contribution in [3.63, 3.8) is 0 Å². The molecule has 1 rings (SSSR count). The zero-order valence-electron chi connectivity index (χ0n) is 10.6. The Hall–Kier alpha value is -1.13. The third-order valence-corrected chi connectivity index (χ3v) is 2.96. The Balaban J connectivity index is 2.73. The summed E-state index contributed by atoms with van der Waals surface area (Å²) in [6.45, 7) is 5.59. The number of carbonyl (C=O) groups excluding carboxylic acids is 1. The van der Waals surface area contributed by atoms with Gasteiger partial charge in [-0.2, -0.15) is 0 Å². The minimum absolute atomic E-state index is 0.0486. The van der Waals surface area contributed by atoms with Crippen LogP contribution in [0.15, 0.2) is 18.2 Å². The molecule has 1 amide bonds. The lowest BCUT2D eigenvalue weighted by Crippen LogP contribution is -2.39. The number of carbonyl (C=O) groups is 1. The second kappa shape index (κ2) is 5.67. The first-order valence-electron chi connectivity index (χ1n) is 5.63. The van der Waals surface area contributed by atoms with Crippen LogP contribution in [0.3, 0.4) is 0 Å². The van der Waals surface area contributed by atoms with E-state index in [-0.39, 0.29) is 22.5 Å². The summed E-state index contributed by atoms with van der Waals surface area (Å²) in [5, 5.41) is 12.3. The molecule has 0 aliphatic heterocycles. The Morgan fingerprint density at radius 1 is 1.50 bits per heavy atom. The molecule has 100 valence electrons. The lowest BCUT2D eigenvalue weighted by molar-refractivity contribution is 0.0586. The quantitative estimate of drug-likeness (QED) is 0.889. The van der Waals surface area contributed by atoms with Crippen molar-refractivity contribution in [2.75, 3.05) is 6.54 Å². The zero-order chi connectivity index (χ0) is 13.9. The fourth-order valence-corrected chi connectivity index (χ4v) is 1.55. The number of halogens is 2. The van der Waals surface area contributed by atoms with Crippen molar-refractivity contribution >= 4 is 17.5 Å². The van der Waals surface area contributed by atoms with E-state index in [2.05, 4.69) is 5.32 Å². The lowest BCUT2D eigenvalue weighted by Gasteiger charge is -2.25. The molecule has 0 aromatic heterocycles. The largest absolute Gasteiger partial charge is 0.391 e. The monoisotopic (exact) mass is 273 g/mol. The zero-order valence-corrected chi connectivity index (χ0v) is 11.4. The van der Waals surface area contributed by atoms with Crippen molar-refractivity contribution in [2.24, 2.45) is 5.41 Å². The van der Waals surface area contributed by atoms with Crippen molar-refractivity contribution in [2.45, 2.75) is 26.9 Å². The number of hydrogen-bond acceptors (Lipinski definition) is 2. The number of aliphatic hydroxyl groups excluding tert-OH is 1. The minimum atomic E-state index is -0.716. The molecule has 0 spiro atoms. The van der Waals surface area contributed by atoms with Gasteiger partial charge in [-0.15, -0.1) is 0 Å². The van der Waals surface area contributed by atoms with E-state index in [0.29, 0.717) is 0 Å². The highest BCUT2D eigenvalue weighted by molar-refractivity contribution is 6.33. The average Bonchev–Trinajstić information content (AvgIpc) is 2.24.